The molecular weight excluding hydrogens is 433 g/mol. The molecule has 4 N–H and O–H groups in total. The molecule has 4 aromatic rings. The molecule has 0 aliphatic heterocycles. The smallest absolute Gasteiger partial charge is 0.272 e. The summed E-state index contributed by atoms with van der Waals surface area (Å²) in [5.74, 6) is -0.438. The van der Waals surface area contributed by atoms with Gasteiger partial charge >= 0.3 is 0 Å². The number of aromatic nitrogens is 3. The van der Waals surface area contributed by atoms with E-state index >= 15 is 0 Å². The zero-order chi connectivity index (χ0) is 23.5. The van der Waals surface area contributed by atoms with Crippen molar-refractivity contribution in [3.63, 3.8) is 0 Å². The molecule has 1 unspecified atom stereocenters. The molecule has 0 bridgehead atoms. The van der Waals surface area contributed by atoms with Gasteiger partial charge in [0.1, 0.15) is 17.2 Å². The molecule has 174 valence electrons. The highest BCUT2D eigenvalue weighted by atomic mass is 19.1. The molecule has 0 saturated heterocycles. The molecule has 2 amide bonds. The minimum absolute atomic E-state index is 0.198. The molecule has 2 aromatic heterocycles. The number of rotatable bonds is 9. The molecule has 1 aliphatic carbocycles. The Morgan fingerprint density at radius 1 is 1.06 bits per heavy atom. The van der Waals surface area contributed by atoms with E-state index in [1.165, 1.54) is 12.1 Å². The lowest BCUT2D eigenvalue weighted by Gasteiger charge is -2.19. The van der Waals surface area contributed by atoms with Gasteiger partial charge in [-0.1, -0.05) is 36.4 Å². The molecule has 1 saturated carbocycles. The van der Waals surface area contributed by atoms with Crippen molar-refractivity contribution in [2.75, 3.05) is 6.54 Å². The van der Waals surface area contributed by atoms with Crippen LogP contribution in [0.3, 0.4) is 0 Å². The lowest BCUT2D eigenvalue weighted by Crippen LogP contribution is -2.39. The Labute approximate surface area is 196 Å². The SMILES string of the molecule is O=C(NC(CCNC(=O)c1cc2c(F)cccc2[nH]1)Cc1ccccc1)c1cc(C2CC2)[nH]n1. The monoisotopic (exact) mass is 459 g/mol. The van der Waals surface area contributed by atoms with Gasteiger partial charge in [-0.15, -0.1) is 0 Å². The Balaban J connectivity index is 1.22. The summed E-state index contributed by atoms with van der Waals surface area (Å²) in [4.78, 5) is 28.4. The summed E-state index contributed by atoms with van der Waals surface area (Å²) < 4.78 is 13.9. The quantitative estimate of drug-likeness (QED) is 0.303. The van der Waals surface area contributed by atoms with Gasteiger partial charge in [-0.2, -0.15) is 5.10 Å². The Morgan fingerprint density at radius 3 is 2.65 bits per heavy atom. The van der Waals surface area contributed by atoms with Gasteiger partial charge in [-0.05, 0) is 55.5 Å². The van der Waals surface area contributed by atoms with Gasteiger partial charge in [0.25, 0.3) is 11.8 Å². The van der Waals surface area contributed by atoms with Gasteiger partial charge in [0.15, 0.2) is 0 Å². The first-order valence-electron chi connectivity index (χ1n) is 11.5. The number of carbonyl (C=O) groups is 2. The molecule has 5 rings (SSSR count). The van der Waals surface area contributed by atoms with Crippen molar-refractivity contribution in [1.82, 2.24) is 25.8 Å². The lowest BCUT2D eigenvalue weighted by atomic mass is 10.0. The van der Waals surface area contributed by atoms with E-state index in [0.717, 1.165) is 24.1 Å². The Hall–Kier alpha value is -3.94. The summed E-state index contributed by atoms with van der Waals surface area (Å²) in [5.41, 5.74) is 3.35. The highest BCUT2D eigenvalue weighted by Crippen LogP contribution is 2.39. The largest absolute Gasteiger partial charge is 0.351 e. The van der Waals surface area contributed by atoms with Gasteiger partial charge in [0.2, 0.25) is 0 Å². The third-order valence-electron chi connectivity index (χ3n) is 6.14. The molecule has 34 heavy (non-hydrogen) atoms. The van der Waals surface area contributed by atoms with E-state index in [-0.39, 0.29) is 23.7 Å². The molecule has 2 aromatic carbocycles. The van der Waals surface area contributed by atoms with E-state index in [1.807, 2.05) is 36.4 Å². The molecule has 8 heteroatoms. The minimum Gasteiger partial charge on any atom is -0.351 e. The minimum atomic E-state index is -0.373. The second-order valence-corrected chi connectivity index (χ2v) is 8.77. The number of halogens is 1. The van der Waals surface area contributed by atoms with Crippen LogP contribution < -0.4 is 10.6 Å². The standard InChI is InChI=1S/C26H26FN5O2/c27-20-7-4-8-21-19(20)14-23(30-21)25(33)28-12-11-18(13-16-5-2-1-3-6-16)29-26(34)24-15-22(31-32-24)17-9-10-17/h1-8,14-15,17-18,30H,9-13H2,(H,28,33)(H,29,34)(H,31,32). The first-order chi connectivity index (χ1) is 16.6. The molecule has 2 heterocycles. The van der Waals surface area contributed by atoms with Crippen LogP contribution in [0.2, 0.25) is 0 Å². The maximum absolute atomic E-state index is 13.9. The van der Waals surface area contributed by atoms with Crippen LogP contribution in [0.5, 0.6) is 0 Å². The first kappa shape index (κ1) is 21.9. The predicted molar refractivity (Wildman–Crippen MR) is 127 cm³/mol. The van der Waals surface area contributed by atoms with Crippen LogP contribution in [0, 0.1) is 5.82 Å². The van der Waals surface area contributed by atoms with Crippen LogP contribution >= 0.6 is 0 Å². The van der Waals surface area contributed by atoms with Crippen molar-refractivity contribution in [3.05, 3.63) is 89.1 Å². The Morgan fingerprint density at radius 2 is 1.88 bits per heavy atom. The molecule has 1 fully saturated rings. The number of hydrogen-bond donors (Lipinski definition) is 4. The number of carbonyl (C=O) groups excluding carboxylic acids is 2. The molecule has 1 aliphatic rings. The molecule has 7 nitrogen and oxygen atoms in total. The van der Waals surface area contributed by atoms with Crippen LogP contribution in [-0.2, 0) is 6.42 Å². The third kappa shape index (κ3) is 5.01. The van der Waals surface area contributed by atoms with Crippen LogP contribution in [0.4, 0.5) is 4.39 Å². The van der Waals surface area contributed by atoms with Crippen LogP contribution in [0.25, 0.3) is 10.9 Å². The van der Waals surface area contributed by atoms with E-state index in [0.29, 0.717) is 47.6 Å². The van der Waals surface area contributed by atoms with Gasteiger partial charge in [-0.3, -0.25) is 14.7 Å². The predicted octanol–water partition coefficient (Wildman–Crippen LogP) is 4.07. The number of nitrogens with one attached hydrogen (secondary N) is 4. The lowest BCUT2D eigenvalue weighted by molar-refractivity contribution is 0.0928. The molecule has 0 spiro atoms. The van der Waals surface area contributed by atoms with Crippen molar-refractivity contribution < 1.29 is 14.0 Å². The maximum atomic E-state index is 13.9. The van der Waals surface area contributed by atoms with Crippen LogP contribution in [-0.4, -0.2) is 39.6 Å². The van der Waals surface area contributed by atoms with Gasteiger partial charge in [-0.25, -0.2) is 4.39 Å². The zero-order valence-corrected chi connectivity index (χ0v) is 18.6. The number of nitrogens with zero attached hydrogens (tertiary/aromatic N) is 1. The Bertz CT molecular complexity index is 1310. The first-order valence-corrected chi connectivity index (χ1v) is 11.5. The summed E-state index contributed by atoms with van der Waals surface area (Å²) in [7, 11) is 0. The number of hydrogen-bond acceptors (Lipinski definition) is 3. The van der Waals surface area contributed by atoms with Crippen molar-refractivity contribution in [2.24, 2.45) is 0 Å². The van der Waals surface area contributed by atoms with Crippen molar-refractivity contribution in [3.8, 4) is 0 Å². The number of H-pyrrole nitrogens is 2. The van der Waals surface area contributed by atoms with Gasteiger partial charge in [0, 0.05) is 35.1 Å². The second-order valence-electron chi connectivity index (χ2n) is 8.77. The molecule has 0 radical (unpaired) electrons. The summed E-state index contributed by atoms with van der Waals surface area (Å²) >= 11 is 0. The fraction of sp³-hybridized carbons (Fsp3) is 0.269. The number of fused-ring (bicyclic) bond motifs is 1. The maximum Gasteiger partial charge on any atom is 0.272 e. The van der Waals surface area contributed by atoms with Gasteiger partial charge in [0.05, 0.1) is 0 Å². The van der Waals surface area contributed by atoms with Crippen molar-refractivity contribution in [2.45, 2.75) is 37.6 Å². The summed E-state index contributed by atoms with van der Waals surface area (Å²) in [6.45, 7) is 0.350. The van der Waals surface area contributed by atoms with Gasteiger partial charge < -0.3 is 15.6 Å². The zero-order valence-electron chi connectivity index (χ0n) is 18.6. The average Bonchev–Trinajstić information content (AvgIpc) is 3.39. The third-order valence-corrected chi connectivity index (χ3v) is 6.14. The van der Waals surface area contributed by atoms with E-state index in [2.05, 4.69) is 25.8 Å². The highest BCUT2D eigenvalue weighted by molar-refractivity contribution is 5.98. The second kappa shape index (κ2) is 9.51. The Kier molecular flexibility index (Phi) is 6.12. The summed E-state index contributed by atoms with van der Waals surface area (Å²) in [6, 6.07) is 17.7. The van der Waals surface area contributed by atoms with Crippen molar-refractivity contribution in [1.29, 1.82) is 0 Å². The number of benzene rings is 2. The summed E-state index contributed by atoms with van der Waals surface area (Å²) in [5, 5.41) is 13.5. The summed E-state index contributed by atoms with van der Waals surface area (Å²) in [6.07, 6.45) is 3.41. The topological polar surface area (TPSA) is 103 Å². The number of amides is 2. The fourth-order valence-corrected chi connectivity index (χ4v) is 4.14. The van der Waals surface area contributed by atoms with E-state index in [9.17, 15) is 14.0 Å². The fourth-order valence-electron chi connectivity index (χ4n) is 4.14. The highest BCUT2D eigenvalue weighted by Gasteiger charge is 2.27. The normalized spacial score (nSPS) is 14.1. The molecule has 1 atom stereocenters. The van der Waals surface area contributed by atoms with Crippen LogP contribution in [0.1, 0.15) is 57.4 Å². The van der Waals surface area contributed by atoms with E-state index < -0.39 is 0 Å². The number of aromatic amines is 2. The molecular formula is C26H26FN5O2. The van der Waals surface area contributed by atoms with E-state index in [1.54, 1.807) is 12.1 Å². The van der Waals surface area contributed by atoms with E-state index in [4.69, 9.17) is 0 Å². The van der Waals surface area contributed by atoms with Crippen LogP contribution in [0.15, 0.2) is 60.7 Å². The average molecular weight is 460 g/mol. The van der Waals surface area contributed by atoms with Crippen molar-refractivity contribution >= 4 is 22.7 Å².